The maximum atomic E-state index is 12.1. The second-order valence-corrected chi connectivity index (χ2v) is 6.70. The molecule has 1 aromatic rings. The van der Waals surface area contributed by atoms with Crippen molar-refractivity contribution < 1.29 is 13.2 Å². The van der Waals surface area contributed by atoms with Crippen LogP contribution in [0.3, 0.4) is 0 Å². The molecule has 0 spiro atoms. The Labute approximate surface area is 131 Å². The topological polar surface area (TPSA) is 87.3 Å². The second-order valence-electron chi connectivity index (χ2n) is 4.95. The summed E-state index contributed by atoms with van der Waals surface area (Å²) in [6, 6.07) is 6.48. The van der Waals surface area contributed by atoms with Crippen LogP contribution in [0.4, 0.5) is 11.4 Å². The molecule has 0 aromatic heterocycles. The Bertz CT molecular complexity index is 586. The summed E-state index contributed by atoms with van der Waals surface area (Å²) in [5, 5.41) is 5.97. The molecule has 2 rings (SSSR count). The lowest BCUT2D eigenvalue weighted by Crippen LogP contribution is -2.43. The van der Waals surface area contributed by atoms with E-state index in [9.17, 15) is 13.2 Å². The van der Waals surface area contributed by atoms with Crippen molar-refractivity contribution >= 4 is 39.7 Å². The minimum absolute atomic E-state index is 0. The van der Waals surface area contributed by atoms with Crippen molar-refractivity contribution in [2.75, 3.05) is 22.8 Å². The number of nitrogens with one attached hydrogen (secondary N) is 3. The molecule has 1 fully saturated rings. The summed E-state index contributed by atoms with van der Waals surface area (Å²) in [5.74, 6) is -0.0822. The quantitative estimate of drug-likeness (QED) is 0.780. The summed E-state index contributed by atoms with van der Waals surface area (Å²) < 4.78 is 24.7. The average molecular weight is 334 g/mol. The number of sulfonamides is 1. The predicted octanol–water partition coefficient (Wildman–Crippen LogP) is 1.56. The molecule has 1 heterocycles. The third-order valence-electron chi connectivity index (χ3n) is 3.06. The number of carbonyl (C=O) groups excluding carboxylic acids is 1. The highest BCUT2D eigenvalue weighted by Gasteiger charge is 2.20. The molecule has 1 amide bonds. The van der Waals surface area contributed by atoms with Crippen molar-refractivity contribution in [1.82, 2.24) is 5.32 Å². The maximum Gasteiger partial charge on any atom is 0.241 e. The molecule has 8 heteroatoms. The van der Waals surface area contributed by atoms with Crippen molar-refractivity contribution in [1.29, 1.82) is 0 Å². The zero-order chi connectivity index (χ0) is 14.6. The predicted molar refractivity (Wildman–Crippen MR) is 86.4 cm³/mol. The number of rotatable bonds is 4. The van der Waals surface area contributed by atoms with Crippen LogP contribution in [0, 0.1) is 0 Å². The smallest absolute Gasteiger partial charge is 0.241 e. The van der Waals surface area contributed by atoms with Crippen molar-refractivity contribution in [3.63, 3.8) is 0 Å². The molecule has 0 radical (unpaired) electrons. The Morgan fingerprint density at radius 2 is 2.00 bits per heavy atom. The van der Waals surface area contributed by atoms with E-state index in [0.717, 1.165) is 32.1 Å². The third-order valence-corrected chi connectivity index (χ3v) is 3.67. The Hall–Kier alpha value is -1.31. The number of amides is 1. The van der Waals surface area contributed by atoms with Gasteiger partial charge in [0.05, 0.1) is 18.0 Å². The molecule has 0 unspecified atom stereocenters. The van der Waals surface area contributed by atoms with Gasteiger partial charge < -0.3 is 10.6 Å². The maximum absolute atomic E-state index is 12.1. The van der Waals surface area contributed by atoms with Gasteiger partial charge in [-0.15, -0.1) is 12.4 Å². The minimum atomic E-state index is -3.32. The summed E-state index contributed by atoms with van der Waals surface area (Å²) in [4.78, 5) is 12.1. The van der Waals surface area contributed by atoms with E-state index in [2.05, 4.69) is 15.4 Å². The summed E-state index contributed by atoms with van der Waals surface area (Å²) in [6.07, 6.45) is 4.05. The van der Waals surface area contributed by atoms with Crippen LogP contribution in [-0.4, -0.2) is 33.2 Å². The number of hydrogen-bond acceptors (Lipinski definition) is 4. The van der Waals surface area contributed by atoms with Crippen LogP contribution in [0.2, 0.25) is 0 Å². The Morgan fingerprint density at radius 1 is 1.29 bits per heavy atom. The molecule has 1 aromatic carbocycles. The lowest BCUT2D eigenvalue weighted by atomic mass is 10.0. The van der Waals surface area contributed by atoms with Crippen LogP contribution in [0.25, 0.3) is 0 Å². The standard InChI is InChI=1S/C13H19N3O3S.ClH/c1-20(18,19)16-11-6-4-5-10(9-11)15-13(17)12-7-2-3-8-14-12;/h4-6,9,12,14,16H,2-3,7-8H2,1H3,(H,15,17);1H/t12-;/m0./s1. The summed E-state index contributed by atoms with van der Waals surface area (Å²) in [6.45, 7) is 0.855. The van der Waals surface area contributed by atoms with Gasteiger partial charge in [-0.1, -0.05) is 12.5 Å². The van der Waals surface area contributed by atoms with E-state index in [4.69, 9.17) is 0 Å². The molecule has 1 atom stereocenters. The molecule has 21 heavy (non-hydrogen) atoms. The minimum Gasteiger partial charge on any atom is -0.325 e. The fourth-order valence-corrected chi connectivity index (χ4v) is 2.73. The monoisotopic (exact) mass is 333 g/mol. The van der Waals surface area contributed by atoms with Gasteiger partial charge in [0.25, 0.3) is 0 Å². The summed E-state index contributed by atoms with van der Waals surface area (Å²) in [5.41, 5.74) is 1.01. The summed E-state index contributed by atoms with van der Waals surface area (Å²) >= 11 is 0. The first-order valence-electron chi connectivity index (χ1n) is 6.56. The zero-order valence-electron chi connectivity index (χ0n) is 11.8. The normalized spacial score (nSPS) is 18.4. The van der Waals surface area contributed by atoms with E-state index < -0.39 is 10.0 Å². The van der Waals surface area contributed by atoms with E-state index >= 15 is 0 Å². The molecule has 0 bridgehead atoms. The average Bonchev–Trinajstić information content (AvgIpc) is 2.38. The van der Waals surface area contributed by atoms with Crippen LogP contribution in [0.1, 0.15) is 19.3 Å². The van der Waals surface area contributed by atoms with Gasteiger partial charge in [-0.25, -0.2) is 8.42 Å². The van der Waals surface area contributed by atoms with E-state index in [1.54, 1.807) is 24.3 Å². The van der Waals surface area contributed by atoms with Gasteiger partial charge in [0.1, 0.15) is 0 Å². The number of piperidine rings is 1. The number of halogens is 1. The van der Waals surface area contributed by atoms with Crippen molar-refractivity contribution in [2.24, 2.45) is 0 Å². The molecule has 1 aliphatic rings. The first kappa shape index (κ1) is 17.7. The highest BCUT2D eigenvalue weighted by Crippen LogP contribution is 2.17. The lowest BCUT2D eigenvalue weighted by molar-refractivity contribution is -0.118. The SMILES string of the molecule is CS(=O)(=O)Nc1cccc(NC(=O)[C@@H]2CCCCN2)c1.Cl. The van der Waals surface area contributed by atoms with Crippen LogP contribution in [0.15, 0.2) is 24.3 Å². The number of hydrogen-bond donors (Lipinski definition) is 3. The molecule has 3 N–H and O–H groups in total. The molecule has 1 aliphatic heterocycles. The van der Waals surface area contributed by atoms with Gasteiger partial charge in [0, 0.05) is 5.69 Å². The Kier molecular flexibility index (Phi) is 6.44. The lowest BCUT2D eigenvalue weighted by Gasteiger charge is -2.22. The van der Waals surface area contributed by atoms with Gasteiger partial charge in [0.15, 0.2) is 0 Å². The number of benzene rings is 1. The highest BCUT2D eigenvalue weighted by atomic mass is 35.5. The third kappa shape index (κ3) is 5.91. The fraction of sp³-hybridized carbons (Fsp3) is 0.462. The molecule has 6 nitrogen and oxygen atoms in total. The molecule has 0 aliphatic carbocycles. The molecular weight excluding hydrogens is 314 g/mol. The van der Waals surface area contributed by atoms with E-state index in [0.29, 0.717) is 11.4 Å². The van der Waals surface area contributed by atoms with E-state index in [1.165, 1.54) is 0 Å². The molecular formula is C13H20ClN3O3S. The second kappa shape index (κ2) is 7.63. The van der Waals surface area contributed by atoms with Gasteiger partial charge in [-0.2, -0.15) is 0 Å². The largest absolute Gasteiger partial charge is 0.325 e. The Morgan fingerprint density at radius 3 is 2.62 bits per heavy atom. The van der Waals surface area contributed by atoms with E-state index in [1.807, 2.05) is 0 Å². The van der Waals surface area contributed by atoms with Crippen molar-refractivity contribution in [2.45, 2.75) is 25.3 Å². The summed E-state index contributed by atoms with van der Waals surface area (Å²) in [7, 11) is -3.32. The first-order valence-corrected chi connectivity index (χ1v) is 8.45. The van der Waals surface area contributed by atoms with Gasteiger partial charge in [0.2, 0.25) is 15.9 Å². The van der Waals surface area contributed by atoms with Crippen LogP contribution >= 0.6 is 12.4 Å². The van der Waals surface area contributed by atoms with Gasteiger partial charge in [-0.05, 0) is 37.6 Å². The number of carbonyl (C=O) groups is 1. The molecule has 0 saturated carbocycles. The van der Waals surface area contributed by atoms with E-state index in [-0.39, 0.29) is 24.4 Å². The van der Waals surface area contributed by atoms with Crippen molar-refractivity contribution in [3.8, 4) is 0 Å². The van der Waals surface area contributed by atoms with Crippen molar-refractivity contribution in [3.05, 3.63) is 24.3 Å². The molecule has 1 saturated heterocycles. The van der Waals surface area contributed by atoms with Crippen LogP contribution in [-0.2, 0) is 14.8 Å². The number of anilines is 2. The fourth-order valence-electron chi connectivity index (χ4n) is 2.18. The van der Waals surface area contributed by atoms with Crippen LogP contribution in [0.5, 0.6) is 0 Å². The highest BCUT2D eigenvalue weighted by molar-refractivity contribution is 7.92. The van der Waals surface area contributed by atoms with Crippen LogP contribution < -0.4 is 15.4 Å². The van der Waals surface area contributed by atoms with Gasteiger partial charge in [-0.3, -0.25) is 9.52 Å². The van der Waals surface area contributed by atoms with Gasteiger partial charge >= 0.3 is 0 Å². The zero-order valence-corrected chi connectivity index (χ0v) is 13.4. The molecule has 118 valence electrons. The first-order chi connectivity index (χ1) is 9.44. The Balaban J connectivity index is 0.00000220.